The van der Waals surface area contributed by atoms with Crippen molar-refractivity contribution in [1.82, 2.24) is 0 Å². The molecule has 0 atom stereocenters. The van der Waals surface area contributed by atoms with Crippen LogP contribution >= 0.6 is 0 Å². The molecule has 0 bridgehead atoms. The van der Waals surface area contributed by atoms with Crippen LogP contribution in [0.4, 0.5) is 22.0 Å². The summed E-state index contributed by atoms with van der Waals surface area (Å²) in [4.78, 5) is 0. The lowest BCUT2D eigenvalue weighted by molar-refractivity contribution is 0.353. The van der Waals surface area contributed by atoms with E-state index in [2.05, 4.69) is 0 Å². The van der Waals surface area contributed by atoms with Crippen molar-refractivity contribution in [2.24, 2.45) is 0 Å². The summed E-state index contributed by atoms with van der Waals surface area (Å²) in [7, 11) is 0. The van der Waals surface area contributed by atoms with E-state index in [9.17, 15) is 22.0 Å². The summed E-state index contributed by atoms with van der Waals surface area (Å²) in [5, 5.41) is 0. The molecule has 0 spiro atoms. The Morgan fingerprint density at radius 2 is 0.875 bits per heavy atom. The minimum atomic E-state index is -2.13. The quantitative estimate of drug-likeness (QED) is 0.360. The second-order valence-electron chi connectivity index (χ2n) is 4.19. The van der Waals surface area contributed by atoms with Crippen LogP contribution in [0.3, 0.4) is 0 Å². The average Bonchev–Trinajstić information content (AvgIpc) is 2.09. The Morgan fingerprint density at radius 1 is 0.625 bits per heavy atom. The van der Waals surface area contributed by atoms with E-state index in [4.69, 9.17) is 0 Å². The van der Waals surface area contributed by atoms with Crippen LogP contribution in [0.15, 0.2) is 0 Å². The molecule has 0 unspecified atom stereocenters. The van der Waals surface area contributed by atoms with Crippen LogP contribution in [-0.2, 0) is 5.41 Å². The van der Waals surface area contributed by atoms with Crippen LogP contribution in [0.1, 0.15) is 33.8 Å². The first-order valence-corrected chi connectivity index (χ1v) is 4.19. The zero-order valence-corrected chi connectivity index (χ0v) is 8.39. The summed E-state index contributed by atoms with van der Waals surface area (Å²) < 4.78 is 64.6. The SMILES string of the molecule is C.CC(C)(C)c1c(F)c(F)c(F)c(F)c1F. The molecule has 0 aliphatic heterocycles. The first kappa shape index (κ1) is 14.9. The van der Waals surface area contributed by atoms with Gasteiger partial charge in [0.1, 0.15) is 0 Å². The number of hydrogen-bond acceptors (Lipinski definition) is 0. The topological polar surface area (TPSA) is 0 Å². The molecule has 0 heterocycles. The van der Waals surface area contributed by atoms with Gasteiger partial charge in [-0.25, -0.2) is 22.0 Å². The molecule has 0 aliphatic carbocycles. The number of halogens is 5. The Balaban J connectivity index is 0.00000225. The lowest BCUT2D eigenvalue weighted by Gasteiger charge is -2.21. The van der Waals surface area contributed by atoms with E-state index in [1.807, 2.05) is 0 Å². The van der Waals surface area contributed by atoms with Gasteiger partial charge in [0.25, 0.3) is 0 Å². The fraction of sp³-hybridized carbons (Fsp3) is 0.455. The average molecular weight is 240 g/mol. The smallest absolute Gasteiger partial charge is 0.200 e. The summed E-state index contributed by atoms with van der Waals surface area (Å²) in [6.45, 7) is 4.10. The van der Waals surface area contributed by atoms with Crippen LogP contribution in [0.25, 0.3) is 0 Å². The molecule has 0 N–H and O–H groups in total. The predicted octanol–water partition coefficient (Wildman–Crippen LogP) is 4.32. The summed E-state index contributed by atoms with van der Waals surface area (Å²) in [6.07, 6.45) is 0. The van der Waals surface area contributed by atoms with Gasteiger partial charge in [-0.2, -0.15) is 0 Å². The molecule has 0 fully saturated rings. The van der Waals surface area contributed by atoms with Gasteiger partial charge >= 0.3 is 0 Å². The maximum atomic E-state index is 13.2. The van der Waals surface area contributed by atoms with Gasteiger partial charge in [0.15, 0.2) is 23.3 Å². The largest absolute Gasteiger partial charge is 0.203 e. The molecule has 0 radical (unpaired) electrons. The Morgan fingerprint density at radius 3 is 1.12 bits per heavy atom. The second kappa shape index (κ2) is 4.39. The van der Waals surface area contributed by atoms with Crippen molar-refractivity contribution in [2.45, 2.75) is 33.6 Å². The van der Waals surface area contributed by atoms with Crippen molar-refractivity contribution in [1.29, 1.82) is 0 Å². The number of rotatable bonds is 0. The Bertz CT molecular complexity index is 375. The molecule has 1 rings (SSSR count). The van der Waals surface area contributed by atoms with Crippen molar-refractivity contribution in [3.63, 3.8) is 0 Å². The third kappa shape index (κ3) is 2.18. The van der Waals surface area contributed by atoms with Crippen LogP contribution in [0.2, 0.25) is 0 Å². The van der Waals surface area contributed by atoms with Gasteiger partial charge in [0.2, 0.25) is 5.82 Å². The molecule has 0 saturated carbocycles. The lowest BCUT2D eigenvalue weighted by atomic mass is 9.86. The zero-order chi connectivity index (χ0) is 12.0. The minimum Gasteiger partial charge on any atom is -0.203 e. The second-order valence-corrected chi connectivity index (χ2v) is 4.19. The molecular formula is C11H13F5. The molecule has 0 aromatic heterocycles. The van der Waals surface area contributed by atoms with E-state index in [0.717, 1.165) is 0 Å². The van der Waals surface area contributed by atoms with Gasteiger partial charge in [-0.3, -0.25) is 0 Å². The minimum absolute atomic E-state index is 0. The predicted molar refractivity (Wildman–Crippen MR) is 51.7 cm³/mol. The van der Waals surface area contributed by atoms with Gasteiger partial charge in [0.05, 0.1) is 0 Å². The standard InChI is InChI=1S/C10H9F5.CH4/c1-10(2,3)4-5(11)7(13)9(15)8(14)6(4)12;/h1-3H3;1H4. The first-order chi connectivity index (χ1) is 6.68. The summed E-state index contributed by atoms with van der Waals surface area (Å²) in [6, 6.07) is 0. The fourth-order valence-corrected chi connectivity index (χ4v) is 1.26. The fourth-order valence-electron chi connectivity index (χ4n) is 1.26. The van der Waals surface area contributed by atoms with Gasteiger partial charge in [0, 0.05) is 5.56 Å². The first-order valence-electron chi connectivity index (χ1n) is 4.19. The van der Waals surface area contributed by atoms with Crippen molar-refractivity contribution < 1.29 is 22.0 Å². The van der Waals surface area contributed by atoms with E-state index in [1.165, 1.54) is 20.8 Å². The van der Waals surface area contributed by atoms with E-state index >= 15 is 0 Å². The van der Waals surface area contributed by atoms with Crippen molar-refractivity contribution in [3.8, 4) is 0 Å². The molecule has 1 aromatic carbocycles. The molecule has 5 heteroatoms. The van der Waals surface area contributed by atoms with Crippen molar-refractivity contribution >= 4 is 0 Å². The Kier molecular flexibility index (Phi) is 4.08. The highest BCUT2D eigenvalue weighted by molar-refractivity contribution is 5.29. The molecule has 16 heavy (non-hydrogen) atoms. The highest BCUT2D eigenvalue weighted by Gasteiger charge is 2.31. The van der Waals surface area contributed by atoms with Gasteiger partial charge in [-0.05, 0) is 5.41 Å². The third-order valence-electron chi connectivity index (χ3n) is 1.96. The zero-order valence-electron chi connectivity index (χ0n) is 8.39. The normalized spacial score (nSPS) is 11.2. The van der Waals surface area contributed by atoms with E-state index in [-0.39, 0.29) is 7.43 Å². The molecule has 0 nitrogen and oxygen atoms in total. The maximum Gasteiger partial charge on any atom is 0.200 e. The summed E-state index contributed by atoms with van der Waals surface area (Å²) in [5.74, 6) is -9.46. The highest BCUT2D eigenvalue weighted by Crippen LogP contribution is 2.32. The van der Waals surface area contributed by atoms with Gasteiger partial charge in [-0.1, -0.05) is 28.2 Å². The molecule has 92 valence electrons. The Hall–Kier alpha value is -1.13. The molecule has 0 aliphatic rings. The maximum absolute atomic E-state index is 13.2. The lowest BCUT2D eigenvalue weighted by Crippen LogP contribution is -2.20. The molecule has 0 amide bonds. The van der Waals surface area contributed by atoms with E-state index in [1.54, 1.807) is 0 Å². The molecular weight excluding hydrogens is 227 g/mol. The summed E-state index contributed by atoms with van der Waals surface area (Å²) in [5.41, 5.74) is -1.94. The van der Waals surface area contributed by atoms with E-state index in [0.29, 0.717) is 0 Å². The van der Waals surface area contributed by atoms with E-state index < -0.39 is 40.1 Å². The van der Waals surface area contributed by atoms with Crippen LogP contribution < -0.4 is 0 Å². The third-order valence-corrected chi connectivity index (χ3v) is 1.96. The van der Waals surface area contributed by atoms with Crippen LogP contribution in [0, 0.1) is 29.1 Å². The highest BCUT2D eigenvalue weighted by atomic mass is 19.2. The van der Waals surface area contributed by atoms with Crippen molar-refractivity contribution in [3.05, 3.63) is 34.6 Å². The summed E-state index contributed by atoms with van der Waals surface area (Å²) >= 11 is 0. The Labute approximate surface area is 91.1 Å². The van der Waals surface area contributed by atoms with Gasteiger partial charge in [-0.15, -0.1) is 0 Å². The molecule has 1 aromatic rings. The van der Waals surface area contributed by atoms with Crippen LogP contribution in [0.5, 0.6) is 0 Å². The molecule has 0 saturated heterocycles. The van der Waals surface area contributed by atoms with Crippen molar-refractivity contribution in [2.75, 3.05) is 0 Å². The van der Waals surface area contributed by atoms with Crippen LogP contribution in [-0.4, -0.2) is 0 Å². The number of benzene rings is 1. The monoisotopic (exact) mass is 240 g/mol. The van der Waals surface area contributed by atoms with Gasteiger partial charge < -0.3 is 0 Å². The number of hydrogen-bond donors (Lipinski definition) is 0.